The lowest BCUT2D eigenvalue weighted by Gasteiger charge is -2.30. The first-order chi connectivity index (χ1) is 17.3. The molecule has 2 N–H and O–H groups in total. The molecule has 1 aromatic carbocycles. The van der Waals surface area contributed by atoms with Crippen LogP contribution >= 0.6 is 11.6 Å². The van der Waals surface area contributed by atoms with Gasteiger partial charge in [0, 0.05) is 29.3 Å². The van der Waals surface area contributed by atoms with Crippen LogP contribution < -0.4 is 10.6 Å². The van der Waals surface area contributed by atoms with Crippen LogP contribution in [-0.4, -0.2) is 32.6 Å². The summed E-state index contributed by atoms with van der Waals surface area (Å²) >= 11 is 6.29. The largest absolute Gasteiger partial charge is 0.353 e. The summed E-state index contributed by atoms with van der Waals surface area (Å²) in [4.78, 5) is 29.1. The average Bonchev–Trinajstić information content (AvgIpc) is 3.26. The second-order valence-electron chi connectivity index (χ2n) is 9.08. The minimum atomic E-state index is -0.702. The Labute approximate surface area is 214 Å². The van der Waals surface area contributed by atoms with Crippen molar-refractivity contribution in [3.05, 3.63) is 76.5 Å². The molecular weight excluding hydrogens is 481 g/mol. The second-order valence-corrected chi connectivity index (χ2v) is 9.49. The highest BCUT2D eigenvalue weighted by molar-refractivity contribution is 6.34. The van der Waals surface area contributed by atoms with Crippen molar-refractivity contribution in [3.63, 3.8) is 0 Å². The number of hydrogen-bond acceptors (Lipinski definition) is 4. The van der Waals surface area contributed by atoms with Crippen molar-refractivity contribution in [1.29, 1.82) is 0 Å². The molecule has 7 nitrogen and oxygen atoms in total. The Bertz CT molecular complexity index is 1300. The van der Waals surface area contributed by atoms with Gasteiger partial charge in [-0.3, -0.25) is 14.3 Å². The molecule has 0 unspecified atom stereocenters. The third kappa shape index (κ3) is 6.10. The lowest BCUT2D eigenvalue weighted by atomic mass is 9.90. The third-order valence-corrected chi connectivity index (χ3v) is 6.35. The minimum absolute atomic E-state index is 0.0345. The zero-order valence-electron chi connectivity index (χ0n) is 20.1. The number of nitrogens with zero attached hydrogens (tertiary/aromatic N) is 3. The zero-order chi connectivity index (χ0) is 25.7. The van der Waals surface area contributed by atoms with Crippen molar-refractivity contribution in [2.45, 2.75) is 51.6 Å². The molecule has 4 rings (SSSR count). The Kier molecular flexibility index (Phi) is 8.01. The van der Waals surface area contributed by atoms with Gasteiger partial charge in [-0.1, -0.05) is 55.5 Å². The van der Waals surface area contributed by atoms with Gasteiger partial charge in [-0.05, 0) is 43.9 Å². The van der Waals surface area contributed by atoms with E-state index in [0.717, 1.165) is 31.2 Å². The first kappa shape index (κ1) is 25.4. The van der Waals surface area contributed by atoms with Crippen LogP contribution in [0.4, 0.5) is 10.2 Å². The minimum Gasteiger partial charge on any atom is -0.353 e. The van der Waals surface area contributed by atoms with Crippen LogP contribution in [0.5, 0.6) is 0 Å². The topological polar surface area (TPSA) is 88.9 Å². The van der Waals surface area contributed by atoms with Crippen LogP contribution in [0.2, 0.25) is 5.02 Å². The number of anilines is 1. The maximum atomic E-state index is 14.7. The van der Waals surface area contributed by atoms with E-state index in [1.165, 1.54) is 18.5 Å². The van der Waals surface area contributed by atoms with Crippen LogP contribution in [0, 0.1) is 23.6 Å². The molecule has 1 saturated carbocycles. The maximum absolute atomic E-state index is 14.7. The highest BCUT2D eigenvalue weighted by Gasteiger charge is 2.29. The summed E-state index contributed by atoms with van der Waals surface area (Å²) in [5, 5.41) is 10.1. The summed E-state index contributed by atoms with van der Waals surface area (Å²) < 4.78 is 16.3. The molecule has 1 aliphatic carbocycles. The highest BCUT2D eigenvalue weighted by atomic mass is 35.5. The fraction of sp³-hybridized carbons (Fsp3) is 0.333. The predicted molar refractivity (Wildman–Crippen MR) is 136 cm³/mol. The third-order valence-electron chi connectivity index (χ3n) is 6.08. The van der Waals surface area contributed by atoms with Crippen molar-refractivity contribution < 1.29 is 14.0 Å². The molecule has 2 heterocycles. The first-order valence-electron chi connectivity index (χ1n) is 11.9. The molecule has 0 saturated heterocycles. The highest BCUT2D eigenvalue weighted by Crippen LogP contribution is 2.31. The summed E-state index contributed by atoms with van der Waals surface area (Å²) in [6.45, 7) is 3.72. The van der Waals surface area contributed by atoms with Gasteiger partial charge in [0.25, 0.3) is 5.91 Å². The first-order valence-corrected chi connectivity index (χ1v) is 12.3. The number of nitrogens with one attached hydrogen (secondary N) is 2. The SMILES string of the molecule is CC(C)C(=O)N[C@H]1CC[C@H](n2ncc(Cl)c2C(=O)Nc2ncc(C#Cc3ccccc3)cc2F)CC1. The van der Waals surface area contributed by atoms with E-state index in [9.17, 15) is 14.0 Å². The Hall–Kier alpha value is -3.70. The molecule has 3 aromatic rings. The molecule has 36 heavy (non-hydrogen) atoms. The maximum Gasteiger partial charge on any atom is 0.276 e. The summed E-state index contributed by atoms with van der Waals surface area (Å²) in [5.41, 5.74) is 1.34. The van der Waals surface area contributed by atoms with E-state index in [0.29, 0.717) is 5.56 Å². The van der Waals surface area contributed by atoms with Crippen molar-refractivity contribution >= 4 is 29.2 Å². The van der Waals surface area contributed by atoms with Gasteiger partial charge in [0.1, 0.15) is 5.69 Å². The Morgan fingerprint density at radius 3 is 2.44 bits per heavy atom. The number of benzene rings is 1. The molecule has 186 valence electrons. The van der Waals surface area contributed by atoms with Gasteiger partial charge in [0.05, 0.1) is 17.3 Å². The van der Waals surface area contributed by atoms with Crippen LogP contribution in [0.3, 0.4) is 0 Å². The predicted octanol–water partition coefficient (Wildman–Crippen LogP) is 4.98. The molecule has 0 atom stereocenters. The van der Waals surface area contributed by atoms with Crippen LogP contribution in [-0.2, 0) is 4.79 Å². The summed E-state index contributed by atoms with van der Waals surface area (Å²) in [6, 6.07) is 10.6. The number of carbonyl (C=O) groups is 2. The Morgan fingerprint density at radius 2 is 1.78 bits per heavy atom. The van der Waals surface area contributed by atoms with Crippen molar-refractivity contribution in [2.24, 2.45) is 5.92 Å². The number of rotatable bonds is 5. The Morgan fingerprint density at radius 1 is 1.08 bits per heavy atom. The zero-order valence-corrected chi connectivity index (χ0v) is 20.8. The van der Waals surface area contributed by atoms with E-state index in [1.807, 2.05) is 44.2 Å². The molecule has 0 aliphatic heterocycles. The number of pyridine rings is 1. The second kappa shape index (κ2) is 11.4. The Balaban J connectivity index is 1.43. The van der Waals surface area contributed by atoms with Crippen LogP contribution in [0.25, 0.3) is 0 Å². The van der Waals surface area contributed by atoms with Crippen molar-refractivity contribution in [2.75, 3.05) is 5.32 Å². The number of aromatic nitrogens is 3. The van der Waals surface area contributed by atoms with Crippen molar-refractivity contribution in [3.8, 4) is 11.8 Å². The van der Waals surface area contributed by atoms with Gasteiger partial charge < -0.3 is 10.6 Å². The smallest absolute Gasteiger partial charge is 0.276 e. The molecule has 1 aliphatic rings. The normalized spacial score (nSPS) is 17.2. The van der Waals surface area contributed by atoms with Gasteiger partial charge >= 0.3 is 0 Å². The molecule has 2 aromatic heterocycles. The monoisotopic (exact) mass is 507 g/mol. The van der Waals surface area contributed by atoms with Gasteiger partial charge in [-0.15, -0.1) is 0 Å². The van der Waals surface area contributed by atoms with Crippen LogP contribution in [0.15, 0.2) is 48.8 Å². The van der Waals surface area contributed by atoms with E-state index < -0.39 is 11.7 Å². The fourth-order valence-corrected chi connectivity index (χ4v) is 4.31. The number of amides is 2. The standard InChI is InChI=1S/C27H27ClFN5O2/c1-17(2)26(35)32-20-10-12-21(13-11-20)34-24(22(28)16-31-34)27(36)33-25-23(29)14-19(15-30-25)9-8-18-6-4-3-5-7-18/h3-7,14-17,20-21H,10-13H2,1-2H3,(H,32,35)(H,30,33,36)/t20-,21-. The summed E-state index contributed by atoms with van der Waals surface area (Å²) in [7, 11) is 0. The van der Waals surface area contributed by atoms with E-state index in [1.54, 1.807) is 4.68 Å². The van der Waals surface area contributed by atoms with Gasteiger partial charge in [-0.25, -0.2) is 9.37 Å². The van der Waals surface area contributed by atoms with E-state index in [2.05, 4.69) is 32.6 Å². The van der Waals surface area contributed by atoms with E-state index in [-0.39, 0.29) is 40.4 Å². The summed E-state index contributed by atoms with van der Waals surface area (Å²) in [5.74, 6) is 4.27. The molecule has 0 radical (unpaired) electrons. The molecule has 9 heteroatoms. The quantitative estimate of drug-likeness (QED) is 0.477. The van der Waals surface area contributed by atoms with Crippen LogP contribution in [0.1, 0.15) is 67.2 Å². The average molecular weight is 508 g/mol. The van der Waals surface area contributed by atoms with E-state index >= 15 is 0 Å². The molecule has 0 spiro atoms. The van der Waals surface area contributed by atoms with Crippen molar-refractivity contribution in [1.82, 2.24) is 20.1 Å². The van der Waals surface area contributed by atoms with Gasteiger partial charge in [-0.2, -0.15) is 5.10 Å². The fourth-order valence-electron chi connectivity index (χ4n) is 4.09. The number of halogens is 2. The number of carbonyl (C=O) groups excluding carboxylic acids is 2. The summed E-state index contributed by atoms with van der Waals surface area (Å²) in [6.07, 6.45) is 5.80. The van der Waals surface area contributed by atoms with Gasteiger partial charge in [0.15, 0.2) is 11.6 Å². The molecule has 0 bridgehead atoms. The lowest BCUT2D eigenvalue weighted by molar-refractivity contribution is -0.125. The van der Waals surface area contributed by atoms with Gasteiger partial charge in [0.2, 0.25) is 5.91 Å². The molecule has 1 fully saturated rings. The lowest BCUT2D eigenvalue weighted by Crippen LogP contribution is -2.40. The molecular formula is C27H27ClFN5O2. The number of hydrogen-bond donors (Lipinski definition) is 2. The molecule has 2 amide bonds. The van der Waals surface area contributed by atoms with E-state index in [4.69, 9.17) is 11.6 Å².